The predicted molar refractivity (Wildman–Crippen MR) is 136 cm³/mol. The first-order valence-corrected chi connectivity index (χ1v) is 13.5. The first kappa shape index (κ1) is 26.2. The number of amides is 2. The number of carbonyl (C=O) groups excluding carboxylic acids is 2. The van der Waals surface area contributed by atoms with Crippen LogP contribution in [0.1, 0.15) is 18.5 Å². The molecule has 2 aromatic rings. The van der Waals surface area contributed by atoms with Crippen LogP contribution in [0.5, 0.6) is 0 Å². The van der Waals surface area contributed by atoms with Gasteiger partial charge in [0.25, 0.3) is 0 Å². The van der Waals surface area contributed by atoms with Crippen LogP contribution >= 0.6 is 11.6 Å². The summed E-state index contributed by atoms with van der Waals surface area (Å²) in [5, 5.41) is 3.29. The molecule has 2 aliphatic rings. The second-order valence-corrected chi connectivity index (χ2v) is 10.9. The Labute approximate surface area is 216 Å². The SMILES string of the molecule is CCOC(=O)C1=C(CN2CCN(S(=O)(=O)c3ccccc3)CC2)N(C)C(=O)NC1c1ccccc1Cl. The van der Waals surface area contributed by atoms with E-state index in [-0.39, 0.29) is 24.1 Å². The number of esters is 1. The van der Waals surface area contributed by atoms with Crippen LogP contribution in [0.4, 0.5) is 4.79 Å². The quantitative estimate of drug-likeness (QED) is 0.551. The van der Waals surface area contributed by atoms with Crippen LogP contribution in [0.3, 0.4) is 0 Å². The molecule has 0 radical (unpaired) electrons. The van der Waals surface area contributed by atoms with E-state index in [1.807, 2.05) is 4.90 Å². The minimum atomic E-state index is -3.59. The summed E-state index contributed by atoms with van der Waals surface area (Å²) in [6, 6.07) is 14.3. The molecule has 2 heterocycles. The first-order chi connectivity index (χ1) is 17.2. The fourth-order valence-corrected chi connectivity index (χ4v) is 6.11. The van der Waals surface area contributed by atoms with Crippen molar-refractivity contribution < 1.29 is 22.7 Å². The number of urea groups is 1. The molecule has 1 saturated heterocycles. The van der Waals surface area contributed by atoms with Gasteiger partial charge in [-0.3, -0.25) is 9.80 Å². The molecular formula is C25H29ClN4O5S. The zero-order valence-electron chi connectivity index (χ0n) is 20.2. The molecule has 0 aliphatic carbocycles. The number of nitrogens with one attached hydrogen (secondary N) is 1. The largest absolute Gasteiger partial charge is 0.463 e. The fraction of sp³-hybridized carbons (Fsp3) is 0.360. The van der Waals surface area contributed by atoms with E-state index in [2.05, 4.69) is 5.32 Å². The number of piperazine rings is 1. The highest BCUT2D eigenvalue weighted by Crippen LogP contribution is 2.35. The van der Waals surface area contributed by atoms with Gasteiger partial charge in [0.1, 0.15) is 0 Å². The van der Waals surface area contributed by atoms with Crippen molar-refractivity contribution in [3.05, 3.63) is 76.5 Å². The van der Waals surface area contributed by atoms with Crippen molar-refractivity contribution in [2.75, 3.05) is 46.4 Å². The normalized spacial score (nSPS) is 19.8. The Morgan fingerprint density at radius 1 is 1.06 bits per heavy atom. The lowest BCUT2D eigenvalue weighted by atomic mass is 9.94. The Kier molecular flexibility index (Phi) is 7.99. The van der Waals surface area contributed by atoms with Crippen molar-refractivity contribution >= 4 is 33.6 Å². The average Bonchev–Trinajstić information content (AvgIpc) is 2.88. The third-order valence-corrected chi connectivity index (χ3v) is 8.63. The van der Waals surface area contributed by atoms with Crippen LogP contribution in [-0.4, -0.2) is 80.9 Å². The number of nitrogens with zero attached hydrogens (tertiary/aromatic N) is 3. The van der Waals surface area contributed by atoms with E-state index in [1.165, 1.54) is 9.21 Å². The summed E-state index contributed by atoms with van der Waals surface area (Å²) in [6.45, 7) is 3.65. The number of hydrogen-bond donors (Lipinski definition) is 1. The lowest BCUT2D eigenvalue weighted by Crippen LogP contribution is -2.53. The van der Waals surface area contributed by atoms with Crippen molar-refractivity contribution in [2.45, 2.75) is 17.9 Å². The van der Waals surface area contributed by atoms with Crippen LogP contribution in [0, 0.1) is 0 Å². The number of hydrogen-bond acceptors (Lipinski definition) is 6. The van der Waals surface area contributed by atoms with E-state index in [0.717, 1.165) is 0 Å². The zero-order valence-corrected chi connectivity index (χ0v) is 21.8. The molecule has 9 nitrogen and oxygen atoms in total. The third-order valence-electron chi connectivity index (χ3n) is 6.37. The Morgan fingerprint density at radius 2 is 1.69 bits per heavy atom. The maximum atomic E-state index is 13.1. The van der Waals surface area contributed by atoms with E-state index < -0.39 is 22.0 Å². The Morgan fingerprint density at radius 3 is 2.33 bits per heavy atom. The van der Waals surface area contributed by atoms with Crippen LogP contribution in [-0.2, 0) is 19.6 Å². The molecule has 0 aromatic heterocycles. The van der Waals surface area contributed by atoms with Crippen LogP contribution in [0.25, 0.3) is 0 Å². The van der Waals surface area contributed by atoms with Gasteiger partial charge in [-0.1, -0.05) is 48.0 Å². The minimum Gasteiger partial charge on any atom is -0.463 e. The van der Waals surface area contributed by atoms with Crippen molar-refractivity contribution in [3.63, 3.8) is 0 Å². The van der Waals surface area contributed by atoms with Gasteiger partial charge in [0.15, 0.2) is 0 Å². The molecule has 2 aromatic carbocycles. The molecule has 0 bridgehead atoms. The van der Waals surface area contributed by atoms with Crippen molar-refractivity contribution in [1.29, 1.82) is 0 Å². The van der Waals surface area contributed by atoms with E-state index >= 15 is 0 Å². The Balaban J connectivity index is 1.60. The van der Waals surface area contributed by atoms with E-state index in [0.29, 0.717) is 48.0 Å². The van der Waals surface area contributed by atoms with Crippen molar-refractivity contribution in [1.82, 2.24) is 19.4 Å². The van der Waals surface area contributed by atoms with Gasteiger partial charge in [0.05, 0.1) is 23.1 Å². The minimum absolute atomic E-state index is 0.179. The van der Waals surface area contributed by atoms with Gasteiger partial charge in [-0.2, -0.15) is 4.31 Å². The highest BCUT2D eigenvalue weighted by atomic mass is 35.5. The lowest BCUT2D eigenvalue weighted by molar-refractivity contribution is -0.139. The van der Waals surface area contributed by atoms with Crippen molar-refractivity contribution in [2.24, 2.45) is 0 Å². The molecule has 4 rings (SSSR count). The van der Waals surface area contributed by atoms with E-state index in [1.54, 1.807) is 68.6 Å². The predicted octanol–water partition coefficient (Wildman–Crippen LogP) is 2.86. The molecule has 1 fully saturated rings. The fourth-order valence-electron chi connectivity index (χ4n) is 4.42. The number of carbonyl (C=O) groups is 2. The smallest absolute Gasteiger partial charge is 0.338 e. The number of sulfonamides is 1. The highest BCUT2D eigenvalue weighted by molar-refractivity contribution is 7.89. The summed E-state index contributed by atoms with van der Waals surface area (Å²) in [6.07, 6.45) is 0. The van der Waals surface area contributed by atoms with Crippen molar-refractivity contribution in [3.8, 4) is 0 Å². The van der Waals surface area contributed by atoms with Gasteiger partial charge in [0, 0.05) is 50.5 Å². The van der Waals surface area contributed by atoms with Gasteiger partial charge >= 0.3 is 12.0 Å². The van der Waals surface area contributed by atoms with Crippen LogP contribution < -0.4 is 5.32 Å². The third kappa shape index (κ3) is 5.27. The molecule has 1 unspecified atom stereocenters. The number of ether oxygens (including phenoxy) is 1. The molecule has 2 aliphatic heterocycles. The zero-order chi connectivity index (χ0) is 25.9. The molecule has 0 saturated carbocycles. The first-order valence-electron chi connectivity index (χ1n) is 11.7. The second kappa shape index (κ2) is 11.0. The molecule has 0 spiro atoms. The lowest BCUT2D eigenvalue weighted by Gasteiger charge is -2.39. The molecule has 192 valence electrons. The Bertz CT molecular complexity index is 1260. The molecule has 1 N–H and O–H groups in total. The monoisotopic (exact) mass is 532 g/mol. The summed E-state index contributed by atoms with van der Waals surface area (Å²) in [7, 11) is -1.99. The van der Waals surface area contributed by atoms with Gasteiger partial charge in [-0.05, 0) is 30.7 Å². The number of rotatable bonds is 7. The summed E-state index contributed by atoms with van der Waals surface area (Å²) >= 11 is 6.43. The molecule has 11 heteroatoms. The van der Waals surface area contributed by atoms with E-state index in [9.17, 15) is 18.0 Å². The number of benzene rings is 2. The maximum Gasteiger partial charge on any atom is 0.338 e. The molecule has 36 heavy (non-hydrogen) atoms. The number of likely N-dealkylation sites (N-methyl/N-ethyl adjacent to an activating group) is 1. The van der Waals surface area contributed by atoms with Crippen LogP contribution in [0.2, 0.25) is 5.02 Å². The summed E-state index contributed by atoms with van der Waals surface area (Å²) in [5.74, 6) is -0.533. The standard InChI is InChI=1S/C25H29ClN4O5S/c1-3-35-24(31)22-21(28(2)25(32)27-23(22)19-11-7-8-12-20(19)26)17-29-13-15-30(16-14-29)36(33,34)18-9-5-4-6-10-18/h4-12,23H,3,13-17H2,1-2H3,(H,27,32). The van der Waals surface area contributed by atoms with E-state index in [4.69, 9.17) is 16.3 Å². The highest BCUT2D eigenvalue weighted by Gasteiger charge is 2.39. The molecule has 2 amide bonds. The van der Waals surface area contributed by atoms with Gasteiger partial charge in [-0.25, -0.2) is 18.0 Å². The summed E-state index contributed by atoms with van der Waals surface area (Å²) in [5.41, 5.74) is 1.41. The van der Waals surface area contributed by atoms with Gasteiger partial charge < -0.3 is 10.1 Å². The topological polar surface area (TPSA) is 99.3 Å². The Hall–Kier alpha value is -2.92. The summed E-state index contributed by atoms with van der Waals surface area (Å²) in [4.78, 5) is 29.7. The molecular weight excluding hydrogens is 504 g/mol. The van der Waals surface area contributed by atoms with Crippen LogP contribution in [0.15, 0.2) is 70.8 Å². The molecule has 1 atom stereocenters. The van der Waals surface area contributed by atoms with Gasteiger partial charge in [0.2, 0.25) is 10.0 Å². The summed E-state index contributed by atoms with van der Waals surface area (Å²) < 4.78 is 32.8. The average molecular weight is 533 g/mol. The second-order valence-electron chi connectivity index (χ2n) is 8.54. The number of halogens is 1. The van der Waals surface area contributed by atoms with Gasteiger partial charge in [-0.15, -0.1) is 0 Å². The maximum absolute atomic E-state index is 13.1.